The van der Waals surface area contributed by atoms with Gasteiger partial charge in [0.1, 0.15) is 5.82 Å². The van der Waals surface area contributed by atoms with Crippen molar-refractivity contribution in [1.29, 1.82) is 0 Å². The number of hydrogen-bond donors (Lipinski definition) is 1. The van der Waals surface area contributed by atoms with Gasteiger partial charge in [0, 0.05) is 18.7 Å². The van der Waals surface area contributed by atoms with Gasteiger partial charge in [-0.2, -0.15) is 18.2 Å². The molecule has 0 aliphatic carbocycles. The van der Waals surface area contributed by atoms with Crippen LogP contribution in [0.1, 0.15) is 5.89 Å². The molecule has 6 nitrogen and oxygen atoms in total. The minimum absolute atomic E-state index is 0.0614. The fourth-order valence-electron chi connectivity index (χ4n) is 2.82. The van der Waals surface area contributed by atoms with Gasteiger partial charge in [0.2, 0.25) is 11.7 Å². The summed E-state index contributed by atoms with van der Waals surface area (Å²) in [4.78, 5) is 16.4. The van der Waals surface area contributed by atoms with E-state index >= 15 is 0 Å². The van der Waals surface area contributed by atoms with Crippen molar-refractivity contribution in [2.75, 3.05) is 13.1 Å². The molecule has 1 aliphatic rings. The van der Waals surface area contributed by atoms with Crippen molar-refractivity contribution >= 4 is 5.97 Å². The number of halogens is 4. The quantitative estimate of drug-likeness (QED) is 0.846. The largest absolute Gasteiger partial charge is 0.481 e. The first-order valence-electron chi connectivity index (χ1n) is 7.34. The zero-order valence-electron chi connectivity index (χ0n) is 12.7. The first kappa shape index (κ1) is 17.3. The number of carboxylic acids is 1. The Morgan fingerprint density at radius 3 is 2.52 bits per heavy atom. The van der Waals surface area contributed by atoms with E-state index in [2.05, 4.69) is 10.1 Å². The van der Waals surface area contributed by atoms with Crippen molar-refractivity contribution in [2.45, 2.75) is 12.7 Å². The van der Waals surface area contributed by atoms with E-state index in [1.54, 1.807) is 0 Å². The van der Waals surface area contributed by atoms with Gasteiger partial charge in [-0.1, -0.05) is 5.16 Å². The van der Waals surface area contributed by atoms with E-state index in [-0.39, 0.29) is 24.8 Å². The number of rotatable bonds is 4. The average molecular weight is 359 g/mol. The molecule has 1 aromatic heterocycles. The summed E-state index contributed by atoms with van der Waals surface area (Å²) < 4.78 is 56.8. The highest BCUT2D eigenvalue weighted by Gasteiger charge is 2.52. The second-order valence-corrected chi connectivity index (χ2v) is 5.81. The summed E-state index contributed by atoms with van der Waals surface area (Å²) in [5.74, 6) is -5.14. The summed E-state index contributed by atoms with van der Waals surface area (Å²) in [6, 6.07) is 5.33. The number of aromatic nitrogens is 2. The summed E-state index contributed by atoms with van der Waals surface area (Å²) in [5.41, 5.74) is 0.495. The first-order valence-corrected chi connectivity index (χ1v) is 7.34. The summed E-state index contributed by atoms with van der Waals surface area (Å²) in [6.07, 6.45) is -4.59. The average Bonchev–Trinajstić information content (AvgIpc) is 3.15. The molecule has 1 aromatic carbocycles. The number of nitrogens with zero attached hydrogens (tertiary/aromatic N) is 3. The van der Waals surface area contributed by atoms with E-state index in [4.69, 9.17) is 9.63 Å². The van der Waals surface area contributed by atoms with Crippen LogP contribution in [0.4, 0.5) is 17.6 Å². The van der Waals surface area contributed by atoms with E-state index in [1.807, 2.05) is 0 Å². The van der Waals surface area contributed by atoms with Gasteiger partial charge in [0.15, 0.2) is 0 Å². The molecule has 134 valence electrons. The van der Waals surface area contributed by atoms with Crippen molar-refractivity contribution in [3.05, 3.63) is 36.0 Å². The van der Waals surface area contributed by atoms with Crippen LogP contribution in [0.25, 0.3) is 11.4 Å². The van der Waals surface area contributed by atoms with Gasteiger partial charge in [-0.3, -0.25) is 9.69 Å². The lowest BCUT2D eigenvalue weighted by atomic mass is 9.96. The molecule has 0 unspecified atom stereocenters. The molecular weight excluding hydrogens is 346 g/mol. The van der Waals surface area contributed by atoms with E-state index < -0.39 is 36.3 Å². The molecule has 2 aromatic rings. The Morgan fingerprint density at radius 1 is 1.28 bits per heavy atom. The normalized spacial score (nSPS) is 21.6. The van der Waals surface area contributed by atoms with Gasteiger partial charge < -0.3 is 9.63 Å². The van der Waals surface area contributed by atoms with Gasteiger partial charge in [-0.05, 0) is 24.3 Å². The van der Waals surface area contributed by atoms with Gasteiger partial charge >= 0.3 is 12.1 Å². The molecule has 1 fully saturated rings. The first-order chi connectivity index (χ1) is 11.7. The Morgan fingerprint density at radius 2 is 1.96 bits per heavy atom. The van der Waals surface area contributed by atoms with Crippen LogP contribution in [-0.4, -0.2) is 45.4 Å². The molecule has 3 rings (SSSR count). The smallest absolute Gasteiger partial charge is 0.393 e. The summed E-state index contributed by atoms with van der Waals surface area (Å²) in [7, 11) is 0. The maximum atomic E-state index is 13.0. The van der Waals surface area contributed by atoms with Crippen LogP contribution in [0.15, 0.2) is 28.8 Å². The molecule has 2 heterocycles. The molecule has 0 saturated carbocycles. The highest BCUT2D eigenvalue weighted by Crippen LogP contribution is 2.38. The number of aliphatic carboxylic acids is 1. The molecule has 0 bridgehead atoms. The van der Waals surface area contributed by atoms with Crippen molar-refractivity contribution in [3.63, 3.8) is 0 Å². The molecule has 1 aliphatic heterocycles. The van der Waals surface area contributed by atoms with Crippen molar-refractivity contribution < 1.29 is 32.0 Å². The fourth-order valence-corrected chi connectivity index (χ4v) is 2.82. The second kappa shape index (κ2) is 6.43. The highest BCUT2D eigenvalue weighted by molar-refractivity contribution is 5.71. The third kappa shape index (κ3) is 3.78. The molecule has 10 heteroatoms. The standard InChI is InChI=1S/C15H13F4N3O3/c16-9-3-1-8(2-4-9)13-20-12(25-21-13)7-22-5-10(14(23)24)11(6-22)15(17,18)19/h1-4,10-11H,5-7H2,(H,23,24)/t10-,11-/m1/s1. The van der Waals surface area contributed by atoms with Crippen molar-refractivity contribution in [1.82, 2.24) is 15.0 Å². The molecule has 0 radical (unpaired) electrons. The maximum Gasteiger partial charge on any atom is 0.393 e. The lowest BCUT2D eigenvalue weighted by Gasteiger charge is -2.17. The minimum Gasteiger partial charge on any atom is -0.481 e. The number of hydrogen-bond acceptors (Lipinski definition) is 5. The van der Waals surface area contributed by atoms with Crippen molar-refractivity contribution in [3.8, 4) is 11.4 Å². The predicted molar refractivity (Wildman–Crippen MR) is 75.6 cm³/mol. The van der Waals surface area contributed by atoms with Crippen LogP contribution in [0, 0.1) is 17.7 Å². The molecule has 1 saturated heterocycles. The maximum absolute atomic E-state index is 13.0. The van der Waals surface area contributed by atoms with E-state index in [9.17, 15) is 22.4 Å². The van der Waals surface area contributed by atoms with Crippen LogP contribution in [0.3, 0.4) is 0 Å². The Hall–Kier alpha value is -2.49. The molecule has 0 amide bonds. The SMILES string of the molecule is O=C(O)[C@@H]1CN(Cc2nc(-c3ccc(F)cc3)no2)C[C@H]1C(F)(F)F. The Bertz CT molecular complexity index is 760. The third-order valence-electron chi connectivity index (χ3n) is 4.06. The Balaban J connectivity index is 1.71. The zero-order valence-corrected chi connectivity index (χ0v) is 12.7. The van der Waals surface area contributed by atoms with Crippen LogP contribution in [-0.2, 0) is 11.3 Å². The molecule has 25 heavy (non-hydrogen) atoms. The topological polar surface area (TPSA) is 79.5 Å². The number of benzene rings is 1. The Labute approximate surface area is 139 Å². The minimum atomic E-state index is -4.59. The van der Waals surface area contributed by atoms with E-state index in [1.165, 1.54) is 29.2 Å². The van der Waals surface area contributed by atoms with Gasteiger partial charge in [0.05, 0.1) is 18.4 Å². The lowest BCUT2D eigenvalue weighted by molar-refractivity contribution is -0.188. The Kier molecular flexibility index (Phi) is 4.46. The highest BCUT2D eigenvalue weighted by atomic mass is 19.4. The monoisotopic (exact) mass is 359 g/mol. The predicted octanol–water partition coefficient (Wildman–Crippen LogP) is 2.57. The molecule has 1 N–H and O–H groups in total. The number of alkyl halides is 3. The summed E-state index contributed by atoms with van der Waals surface area (Å²) in [6.45, 7) is -0.799. The number of carbonyl (C=O) groups is 1. The van der Waals surface area contributed by atoms with Gasteiger partial charge in [0.25, 0.3) is 0 Å². The number of carboxylic acid groups (broad SMARTS) is 1. The van der Waals surface area contributed by atoms with E-state index in [0.29, 0.717) is 5.56 Å². The summed E-state index contributed by atoms with van der Waals surface area (Å²) >= 11 is 0. The summed E-state index contributed by atoms with van der Waals surface area (Å²) in [5, 5.41) is 12.7. The third-order valence-corrected chi connectivity index (χ3v) is 4.06. The zero-order chi connectivity index (χ0) is 18.2. The van der Waals surface area contributed by atoms with E-state index in [0.717, 1.165) is 0 Å². The second-order valence-electron chi connectivity index (χ2n) is 5.81. The van der Waals surface area contributed by atoms with Gasteiger partial charge in [-0.15, -0.1) is 0 Å². The molecule has 2 atom stereocenters. The van der Waals surface area contributed by atoms with Crippen LogP contribution >= 0.6 is 0 Å². The van der Waals surface area contributed by atoms with Crippen LogP contribution in [0.2, 0.25) is 0 Å². The molecule has 0 spiro atoms. The van der Waals surface area contributed by atoms with Crippen LogP contribution in [0.5, 0.6) is 0 Å². The van der Waals surface area contributed by atoms with Gasteiger partial charge in [-0.25, -0.2) is 4.39 Å². The fraction of sp³-hybridized carbons (Fsp3) is 0.400. The van der Waals surface area contributed by atoms with Crippen molar-refractivity contribution in [2.24, 2.45) is 11.8 Å². The van der Waals surface area contributed by atoms with Crippen LogP contribution < -0.4 is 0 Å². The lowest BCUT2D eigenvalue weighted by Crippen LogP contribution is -2.33. The number of likely N-dealkylation sites (tertiary alicyclic amines) is 1. The molecular formula is C15H13F4N3O3.